The Labute approximate surface area is 191 Å². The predicted octanol–water partition coefficient (Wildman–Crippen LogP) is 2.71. The van der Waals surface area contributed by atoms with Crippen molar-refractivity contribution in [1.29, 1.82) is 0 Å². The molecule has 0 saturated carbocycles. The zero-order valence-electron chi connectivity index (χ0n) is 17.8. The van der Waals surface area contributed by atoms with E-state index in [-0.39, 0.29) is 35.9 Å². The van der Waals surface area contributed by atoms with E-state index in [0.29, 0.717) is 6.04 Å². The van der Waals surface area contributed by atoms with Crippen LogP contribution in [-0.4, -0.2) is 74.5 Å². The lowest BCUT2D eigenvalue weighted by Gasteiger charge is -2.26. The van der Waals surface area contributed by atoms with Crippen molar-refractivity contribution in [2.45, 2.75) is 51.6 Å². The van der Waals surface area contributed by atoms with E-state index in [4.69, 9.17) is 0 Å². The highest BCUT2D eigenvalue weighted by molar-refractivity contribution is 14.0. The van der Waals surface area contributed by atoms with Crippen molar-refractivity contribution in [1.82, 2.24) is 20.4 Å². The van der Waals surface area contributed by atoms with Crippen molar-refractivity contribution in [3.8, 4) is 0 Å². The molecule has 0 aromatic carbocycles. The number of halogens is 1. The van der Waals surface area contributed by atoms with Gasteiger partial charge in [-0.25, -0.2) is 0 Å². The fourth-order valence-electron chi connectivity index (χ4n) is 3.54. The highest BCUT2D eigenvalue weighted by Crippen LogP contribution is 2.19. The Balaban J connectivity index is 0.00000392. The molecule has 1 saturated heterocycles. The molecule has 1 amide bonds. The van der Waals surface area contributed by atoms with Gasteiger partial charge in [-0.2, -0.15) is 0 Å². The molecular formula is C20H36IN5OS. The molecule has 0 bridgehead atoms. The third kappa shape index (κ3) is 7.87. The number of guanidine groups is 1. The second-order valence-electron chi connectivity index (χ2n) is 7.54. The minimum atomic E-state index is 0. The van der Waals surface area contributed by atoms with Crippen LogP contribution in [0.5, 0.6) is 0 Å². The SMILES string of the molecule is CN=C(NCCCN1CCCC1C(=O)N(C)C)NC(C)Cc1ccc(C)s1.I. The van der Waals surface area contributed by atoms with Crippen molar-refractivity contribution in [2.24, 2.45) is 4.99 Å². The third-order valence-electron chi connectivity index (χ3n) is 4.91. The molecule has 28 heavy (non-hydrogen) atoms. The number of aryl methyl sites for hydroxylation is 1. The molecule has 2 heterocycles. The minimum absolute atomic E-state index is 0. The van der Waals surface area contributed by atoms with Crippen LogP contribution in [0.4, 0.5) is 0 Å². The number of carbonyl (C=O) groups is 1. The molecule has 6 nitrogen and oxygen atoms in total. The number of hydrogen-bond acceptors (Lipinski definition) is 4. The van der Waals surface area contributed by atoms with E-state index in [1.165, 1.54) is 9.75 Å². The first-order valence-corrected chi connectivity index (χ1v) is 10.7. The Morgan fingerprint density at radius 1 is 1.43 bits per heavy atom. The Kier molecular flexibility index (Phi) is 11.4. The van der Waals surface area contributed by atoms with Crippen LogP contribution in [0.15, 0.2) is 17.1 Å². The highest BCUT2D eigenvalue weighted by Gasteiger charge is 2.30. The summed E-state index contributed by atoms with van der Waals surface area (Å²) in [5, 5.41) is 6.87. The first kappa shape index (κ1) is 25.2. The van der Waals surface area contributed by atoms with Crippen LogP contribution >= 0.6 is 35.3 Å². The zero-order chi connectivity index (χ0) is 19.8. The lowest BCUT2D eigenvalue weighted by atomic mass is 10.2. The number of nitrogens with one attached hydrogen (secondary N) is 2. The molecule has 0 aliphatic carbocycles. The van der Waals surface area contributed by atoms with Crippen molar-refractivity contribution in [3.05, 3.63) is 21.9 Å². The van der Waals surface area contributed by atoms with Gasteiger partial charge in [-0.15, -0.1) is 35.3 Å². The van der Waals surface area contributed by atoms with Crippen molar-refractivity contribution in [3.63, 3.8) is 0 Å². The monoisotopic (exact) mass is 521 g/mol. The first-order chi connectivity index (χ1) is 12.9. The standard InChI is InChI=1S/C20H35N5OS.HI/c1-15(14-17-10-9-16(2)27-17)23-20(21-3)22-11-7-13-25-12-6-8-18(25)19(26)24(4)5;/h9-10,15,18H,6-8,11-14H2,1-5H3,(H2,21,22,23);1H. The summed E-state index contributed by atoms with van der Waals surface area (Å²) in [4.78, 5) is 23.4. The summed E-state index contributed by atoms with van der Waals surface area (Å²) in [5.74, 6) is 1.08. The fourth-order valence-corrected chi connectivity index (χ4v) is 4.56. The maximum Gasteiger partial charge on any atom is 0.239 e. The van der Waals surface area contributed by atoms with Crippen LogP contribution in [0.1, 0.15) is 35.9 Å². The molecule has 1 aliphatic rings. The summed E-state index contributed by atoms with van der Waals surface area (Å²) in [5.41, 5.74) is 0. The van der Waals surface area contributed by atoms with E-state index in [0.717, 1.165) is 51.3 Å². The van der Waals surface area contributed by atoms with Crippen LogP contribution in [0, 0.1) is 6.92 Å². The molecule has 0 spiro atoms. The molecule has 1 fully saturated rings. The Morgan fingerprint density at radius 3 is 2.79 bits per heavy atom. The number of thiophene rings is 1. The highest BCUT2D eigenvalue weighted by atomic mass is 127. The average molecular weight is 522 g/mol. The normalized spacial score (nSPS) is 18.5. The predicted molar refractivity (Wildman–Crippen MR) is 130 cm³/mol. The molecular weight excluding hydrogens is 485 g/mol. The summed E-state index contributed by atoms with van der Waals surface area (Å²) in [7, 11) is 5.49. The smallest absolute Gasteiger partial charge is 0.239 e. The molecule has 2 unspecified atom stereocenters. The largest absolute Gasteiger partial charge is 0.356 e. The summed E-state index contributed by atoms with van der Waals surface area (Å²) >= 11 is 1.85. The topological polar surface area (TPSA) is 60.0 Å². The van der Waals surface area contributed by atoms with Crippen LogP contribution in [0.3, 0.4) is 0 Å². The number of hydrogen-bond donors (Lipinski definition) is 2. The lowest BCUT2D eigenvalue weighted by Crippen LogP contribution is -2.45. The second-order valence-corrected chi connectivity index (χ2v) is 8.91. The van der Waals surface area contributed by atoms with Gasteiger partial charge in [0.15, 0.2) is 5.96 Å². The van der Waals surface area contributed by atoms with Crippen LogP contribution in [0.25, 0.3) is 0 Å². The number of amides is 1. The summed E-state index contributed by atoms with van der Waals surface area (Å²) < 4.78 is 0. The van der Waals surface area contributed by atoms with E-state index in [1.54, 1.807) is 4.90 Å². The van der Waals surface area contributed by atoms with Crippen molar-refractivity contribution in [2.75, 3.05) is 40.8 Å². The van der Waals surface area contributed by atoms with Crippen molar-refractivity contribution >= 4 is 47.2 Å². The van der Waals surface area contributed by atoms with Crippen LogP contribution < -0.4 is 10.6 Å². The van der Waals surface area contributed by atoms with E-state index < -0.39 is 0 Å². The van der Waals surface area contributed by atoms with Crippen molar-refractivity contribution < 1.29 is 4.79 Å². The van der Waals surface area contributed by atoms with Gasteiger partial charge in [0.25, 0.3) is 0 Å². The Bertz CT molecular complexity index is 634. The molecule has 160 valence electrons. The number of nitrogens with zero attached hydrogens (tertiary/aromatic N) is 3. The van der Waals surface area contributed by atoms with E-state index in [1.807, 2.05) is 32.5 Å². The van der Waals surface area contributed by atoms with Gasteiger partial charge >= 0.3 is 0 Å². The van der Waals surface area contributed by atoms with Gasteiger partial charge in [0.1, 0.15) is 0 Å². The summed E-state index contributed by atoms with van der Waals surface area (Å²) in [6.45, 7) is 7.14. The van der Waals surface area contributed by atoms with Gasteiger partial charge in [0, 0.05) is 56.4 Å². The summed E-state index contributed by atoms with van der Waals surface area (Å²) in [6.07, 6.45) is 4.09. The third-order valence-corrected chi connectivity index (χ3v) is 5.94. The molecule has 0 radical (unpaired) electrons. The lowest BCUT2D eigenvalue weighted by molar-refractivity contribution is -0.133. The van der Waals surface area contributed by atoms with Gasteiger partial charge in [0.2, 0.25) is 5.91 Å². The number of carbonyl (C=O) groups excluding carboxylic acids is 1. The number of aliphatic imine (C=N–C) groups is 1. The van der Waals surface area contributed by atoms with Gasteiger partial charge in [-0.05, 0) is 51.8 Å². The first-order valence-electron chi connectivity index (χ1n) is 9.88. The molecule has 1 aliphatic heterocycles. The number of likely N-dealkylation sites (N-methyl/N-ethyl adjacent to an activating group) is 1. The molecule has 2 N–H and O–H groups in total. The molecule has 2 atom stereocenters. The maximum atomic E-state index is 12.3. The van der Waals surface area contributed by atoms with Gasteiger partial charge in [-0.3, -0.25) is 14.7 Å². The van der Waals surface area contributed by atoms with Gasteiger partial charge < -0.3 is 15.5 Å². The molecule has 2 rings (SSSR count). The quantitative estimate of drug-likeness (QED) is 0.239. The van der Waals surface area contributed by atoms with Crippen LogP contribution in [-0.2, 0) is 11.2 Å². The van der Waals surface area contributed by atoms with Gasteiger partial charge in [-0.1, -0.05) is 0 Å². The van der Waals surface area contributed by atoms with Crippen LogP contribution in [0.2, 0.25) is 0 Å². The van der Waals surface area contributed by atoms with Gasteiger partial charge in [0.05, 0.1) is 6.04 Å². The average Bonchev–Trinajstić information content (AvgIpc) is 3.25. The maximum absolute atomic E-state index is 12.3. The molecule has 1 aromatic rings. The van der Waals surface area contributed by atoms with E-state index in [9.17, 15) is 4.79 Å². The summed E-state index contributed by atoms with van der Waals surface area (Å²) in [6, 6.07) is 4.77. The second kappa shape index (κ2) is 12.6. The minimum Gasteiger partial charge on any atom is -0.356 e. The van der Waals surface area contributed by atoms with E-state index >= 15 is 0 Å². The Hall–Kier alpha value is -0.870. The molecule has 1 aromatic heterocycles. The van der Waals surface area contributed by atoms with E-state index in [2.05, 4.69) is 46.5 Å². The number of rotatable bonds is 8. The number of likely N-dealkylation sites (tertiary alicyclic amines) is 1. The Morgan fingerprint density at radius 2 is 2.18 bits per heavy atom. The zero-order valence-corrected chi connectivity index (χ0v) is 21.0. The fraction of sp³-hybridized carbons (Fsp3) is 0.700. The molecule has 8 heteroatoms.